The number of fused-ring (bicyclic) bond motifs is 1. The standard InChI is InChI=1S/C17H19N7S/c25-17(22-21-14-12-20-13-4-3-7-19-16(13)14)24-10-8-23(9-11-24)15-5-1-2-6-18-15/h1-7,20H,8-12H2,(H,22,25)/b21-14-. The Hall–Kier alpha value is -2.74. The van der Waals surface area contributed by atoms with Crippen LogP contribution in [0.25, 0.3) is 0 Å². The fourth-order valence-electron chi connectivity index (χ4n) is 3.00. The number of piperazine rings is 1. The number of aromatic nitrogens is 2. The summed E-state index contributed by atoms with van der Waals surface area (Å²) in [6.45, 7) is 4.14. The van der Waals surface area contributed by atoms with Crippen LogP contribution in [0, 0.1) is 0 Å². The number of nitrogens with one attached hydrogen (secondary N) is 2. The summed E-state index contributed by atoms with van der Waals surface area (Å²) in [5.41, 5.74) is 5.80. The summed E-state index contributed by atoms with van der Waals surface area (Å²) in [5, 5.41) is 8.37. The van der Waals surface area contributed by atoms with Crippen LogP contribution in [0.1, 0.15) is 5.69 Å². The second-order valence-corrected chi connectivity index (χ2v) is 6.28. The molecule has 25 heavy (non-hydrogen) atoms. The Morgan fingerprint density at radius 3 is 2.72 bits per heavy atom. The van der Waals surface area contributed by atoms with Gasteiger partial charge >= 0.3 is 0 Å². The van der Waals surface area contributed by atoms with Gasteiger partial charge in [0.2, 0.25) is 0 Å². The second kappa shape index (κ2) is 7.02. The highest BCUT2D eigenvalue weighted by atomic mass is 32.1. The van der Waals surface area contributed by atoms with E-state index < -0.39 is 0 Å². The van der Waals surface area contributed by atoms with E-state index in [-0.39, 0.29) is 0 Å². The summed E-state index contributed by atoms with van der Waals surface area (Å²) < 4.78 is 0. The first kappa shape index (κ1) is 15.8. The second-order valence-electron chi connectivity index (χ2n) is 5.89. The van der Waals surface area contributed by atoms with Crippen LogP contribution in [-0.2, 0) is 0 Å². The maximum atomic E-state index is 5.50. The normalized spacial score (nSPS) is 18.0. The van der Waals surface area contributed by atoms with Crippen LogP contribution in [0.2, 0.25) is 0 Å². The molecule has 0 atom stereocenters. The van der Waals surface area contributed by atoms with Crippen molar-refractivity contribution in [2.24, 2.45) is 5.10 Å². The number of nitrogens with zero attached hydrogens (tertiary/aromatic N) is 5. The van der Waals surface area contributed by atoms with Crippen LogP contribution in [-0.4, -0.2) is 58.4 Å². The van der Waals surface area contributed by atoms with Gasteiger partial charge in [-0.1, -0.05) is 6.07 Å². The predicted octanol–water partition coefficient (Wildman–Crippen LogP) is 1.30. The minimum absolute atomic E-state index is 0.651. The van der Waals surface area contributed by atoms with Gasteiger partial charge in [0, 0.05) is 38.6 Å². The van der Waals surface area contributed by atoms with E-state index in [9.17, 15) is 0 Å². The zero-order valence-electron chi connectivity index (χ0n) is 13.7. The molecule has 4 heterocycles. The maximum absolute atomic E-state index is 5.50. The molecule has 2 aromatic rings. The van der Waals surface area contributed by atoms with Crippen LogP contribution in [0.15, 0.2) is 47.8 Å². The maximum Gasteiger partial charge on any atom is 0.189 e. The summed E-state index contributed by atoms with van der Waals surface area (Å²) in [4.78, 5) is 13.2. The zero-order chi connectivity index (χ0) is 17.1. The summed E-state index contributed by atoms with van der Waals surface area (Å²) in [6.07, 6.45) is 3.60. The molecule has 0 spiro atoms. The number of hydrogen-bond acceptors (Lipinski definition) is 6. The van der Waals surface area contributed by atoms with Gasteiger partial charge in [0.25, 0.3) is 0 Å². The average Bonchev–Trinajstić information content (AvgIpc) is 3.10. The van der Waals surface area contributed by atoms with E-state index in [0.29, 0.717) is 11.7 Å². The molecule has 0 radical (unpaired) electrons. The van der Waals surface area contributed by atoms with E-state index in [1.165, 1.54) is 0 Å². The Morgan fingerprint density at radius 2 is 1.92 bits per heavy atom. The molecule has 0 bridgehead atoms. The molecule has 2 aliphatic rings. The highest BCUT2D eigenvalue weighted by molar-refractivity contribution is 7.80. The molecule has 0 amide bonds. The number of hydrazone groups is 1. The molecule has 2 N–H and O–H groups in total. The SMILES string of the molecule is S=C(N/N=C1/CNc2cccnc21)N1CCN(c2ccccn2)CC1. The summed E-state index contributed by atoms with van der Waals surface area (Å²) >= 11 is 5.50. The number of pyridine rings is 2. The minimum atomic E-state index is 0.651. The van der Waals surface area contributed by atoms with Gasteiger partial charge in [-0.05, 0) is 36.5 Å². The molecule has 0 unspecified atom stereocenters. The third kappa shape index (κ3) is 3.39. The van der Waals surface area contributed by atoms with Crippen LogP contribution >= 0.6 is 12.2 Å². The minimum Gasteiger partial charge on any atom is -0.377 e. The Morgan fingerprint density at radius 1 is 1.08 bits per heavy atom. The average molecular weight is 353 g/mol. The molecule has 0 saturated carbocycles. The van der Waals surface area contributed by atoms with Crippen LogP contribution in [0.5, 0.6) is 0 Å². The molecule has 1 fully saturated rings. The Labute approximate surface area is 151 Å². The third-order valence-electron chi connectivity index (χ3n) is 4.35. The van der Waals surface area contributed by atoms with Gasteiger partial charge in [-0.2, -0.15) is 5.10 Å². The van der Waals surface area contributed by atoms with Crippen molar-refractivity contribution in [3.63, 3.8) is 0 Å². The lowest BCUT2D eigenvalue weighted by atomic mass is 10.3. The summed E-state index contributed by atoms with van der Waals surface area (Å²) in [5.74, 6) is 1.01. The molecule has 0 aliphatic carbocycles. The number of thiocarbonyl (C=S) groups is 1. The Balaban J connectivity index is 1.34. The van der Waals surface area contributed by atoms with E-state index in [2.05, 4.69) is 35.6 Å². The van der Waals surface area contributed by atoms with Crippen molar-refractivity contribution in [1.29, 1.82) is 0 Å². The molecule has 128 valence electrons. The summed E-state index contributed by atoms with van der Waals surface area (Å²) in [7, 11) is 0. The Kier molecular flexibility index (Phi) is 4.43. The molecule has 8 heteroatoms. The van der Waals surface area contributed by atoms with Gasteiger partial charge in [0.1, 0.15) is 17.2 Å². The van der Waals surface area contributed by atoms with Crippen LogP contribution in [0.3, 0.4) is 0 Å². The van der Waals surface area contributed by atoms with Crippen molar-refractivity contribution in [2.75, 3.05) is 42.9 Å². The first-order chi connectivity index (χ1) is 12.3. The fourth-order valence-corrected chi connectivity index (χ4v) is 3.23. The molecule has 7 nitrogen and oxygen atoms in total. The molecular formula is C17H19N7S. The first-order valence-electron chi connectivity index (χ1n) is 8.28. The van der Waals surface area contributed by atoms with Gasteiger partial charge in [-0.25, -0.2) is 4.98 Å². The zero-order valence-corrected chi connectivity index (χ0v) is 14.5. The third-order valence-corrected chi connectivity index (χ3v) is 4.70. The van der Waals surface area contributed by atoms with E-state index in [4.69, 9.17) is 12.2 Å². The molecule has 2 aliphatic heterocycles. The lowest BCUT2D eigenvalue weighted by molar-refractivity contribution is 0.380. The summed E-state index contributed by atoms with van der Waals surface area (Å²) in [6, 6.07) is 9.89. The lowest BCUT2D eigenvalue weighted by Crippen LogP contribution is -2.51. The highest BCUT2D eigenvalue weighted by Crippen LogP contribution is 2.18. The molecule has 2 aromatic heterocycles. The van der Waals surface area contributed by atoms with E-state index in [1.54, 1.807) is 6.20 Å². The van der Waals surface area contributed by atoms with Crippen molar-refractivity contribution in [3.8, 4) is 0 Å². The lowest BCUT2D eigenvalue weighted by Gasteiger charge is -2.36. The van der Waals surface area contributed by atoms with Gasteiger partial charge in [0.05, 0.1) is 12.2 Å². The number of anilines is 2. The van der Waals surface area contributed by atoms with Gasteiger partial charge in [-0.15, -0.1) is 0 Å². The van der Waals surface area contributed by atoms with Crippen molar-refractivity contribution in [2.45, 2.75) is 0 Å². The number of hydrogen-bond donors (Lipinski definition) is 2. The number of rotatable bonds is 2. The largest absolute Gasteiger partial charge is 0.377 e. The molecule has 0 aromatic carbocycles. The molecular weight excluding hydrogens is 334 g/mol. The van der Waals surface area contributed by atoms with Crippen molar-refractivity contribution in [1.82, 2.24) is 20.3 Å². The topological polar surface area (TPSA) is 68.7 Å². The fraction of sp³-hybridized carbons (Fsp3) is 0.294. The molecule has 1 saturated heterocycles. The smallest absolute Gasteiger partial charge is 0.189 e. The van der Waals surface area contributed by atoms with Gasteiger partial charge < -0.3 is 15.1 Å². The van der Waals surface area contributed by atoms with Crippen LogP contribution in [0.4, 0.5) is 11.5 Å². The quantitative estimate of drug-likeness (QED) is 0.623. The van der Waals surface area contributed by atoms with Crippen LogP contribution < -0.4 is 15.6 Å². The van der Waals surface area contributed by atoms with E-state index in [1.807, 2.05) is 36.5 Å². The monoisotopic (exact) mass is 353 g/mol. The first-order valence-corrected chi connectivity index (χ1v) is 8.69. The van der Waals surface area contributed by atoms with Crippen molar-refractivity contribution < 1.29 is 0 Å². The van der Waals surface area contributed by atoms with Crippen molar-refractivity contribution >= 4 is 34.5 Å². The molecule has 4 rings (SSSR count). The van der Waals surface area contributed by atoms with Gasteiger partial charge in [-0.3, -0.25) is 10.4 Å². The predicted molar refractivity (Wildman–Crippen MR) is 103 cm³/mol. The van der Waals surface area contributed by atoms with E-state index in [0.717, 1.165) is 49.1 Å². The highest BCUT2D eigenvalue weighted by Gasteiger charge is 2.21. The van der Waals surface area contributed by atoms with Crippen molar-refractivity contribution in [3.05, 3.63) is 48.4 Å². The Bertz CT molecular complexity index is 785. The van der Waals surface area contributed by atoms with Gasteiger partial charge in [0.15, 0.2) is 5.11 Å². The van der Waals surface area contributed by atoms with E-state index >= 15 is 0 Å².